The predicted octanol–water partition coefficient (Wildman–Crippen LogP) is 6.04. The van der Waals surface area contributed by atoms with Gasteiger partial charge in [0, 0.05) is 22.5 Å². The summed E-state index contributed by atoms with van der Waals surface area (Å²) in [5.74, 6) is 0.168. The number of aryl methyl sites for hydroxylation is 2. The number of halogens is 4. The third-order valence-electron chi connectivity index (χ3n) is 4.39. The Morgan fingerprint density at radius 1 is 1.17 bits per heavy atom. The van der Waals surface area contributed by atoms with Crippen LogP contribution < -0.4 is 10.1 Å². The standard InChI is InChI=1S/C21H18ClF3N2O2S/c1-12-3-5-16(7-13(12)2)29-11-19(28)27-20-26-10-17(30-20)9-14-8-15(22)4-6-18(14)21(23,24)25/h3-8,10H,9,11H2,1-2H3,(H,26,27,28). The Labute approximate surface area is 180 Å². The van der Waals surface area contributed by atoms with Gasteiger partial charge in [-0.15, -0.1) is 11.3 Å². The lowest BCUT2D eigenvalue weighted by atomic mass is 10.0. The van der Waals surface area contributed by atoms with Gasteiger partial charge in [-0.25, -0.2) is 4.98 Å². The molecule has 0 saturated heterocycles. The van der Waals surface area contributed by atoms with E-state index in [1.165, 1.54) is 18.3 Å². The highest BCUT2D eigenvalue weighted by molar-refractivity contribution is 7.15. The fourth-order valence-electron chi connectivity index (χ4n) is 2.73. The molecule has 0 atom stereocenters. The molecule has 0 unspecified atom stereocenters. The van der Waals surface area contributed by atoms with Crippen molar-refractivity contribution in [2.24, 2.45) is 0 Å². The summed E-state index contributed by atoms with van der Waals surface area (Å²) in [6, 6.07) is 8.99. The molecular formula is C21H18ClF3N2O2S. The first kappa shape index (κ1) is 22.1. The highest BCUT2D eigenvalue weighted by atomic mass is 35.5. The lowest BCUT2D eigenvalue weighted by Crippen LogP contribution is -2.20. The van der Waals surface area contributed by atoms with Crippen LogP contribution in [0.2, 0.25) is 5.02 Å². The van der Waals surface area contributed by atoms with Gasteiger partial charge in [-0.2, -0.15) is 13.2 Å². The predicted molar refractivity (Wildman–Crippen MR) is 111 cm³/mol. The normalized spacial score (nSPS) is 11.4. The molecule has 1 heterocycles. The van der Waals surface area contributed by atoms with Gasteiger partial charge in [0.05, 0.1) is 5.56 Å². The number of ether oxygens (including phenoxy) is 1. The minimum atomic E-state index is -4.48. The van der Waals surface area contributed by atoms with Gasteiger partial charge in [-0.3, -0.25) is 10.1 Å². The summed E-state index contributed by atoms with van der Waals surface area (Å²) in [6.45, 7) is 3.72. The molecule has 1 amide bonds. The Kier molecular flexibility index (Phi) is 6.67. The summed E-state index contributed by atoms with van der Waals surface area (Å²) < 4.78 is 45.1. The molecule has 3 aromatic rings. The number of alkyl halides is 3. The molecule has 9 heteroatoms. The molecule has 1 aromatic heterocycles. The zero-order chi connectivity index (χ0) is 21.9. The minimum absolute atomic E-state index is 0.00207. The molecule has 2 aromatic carbocycles. The third kappa shape index (κ3) is 5.73. The fourth-order valence-corrected chi connectivity index (χ4v) is 3.77. The maximum atomic E-state index is 13.2. The summed E-state index contributed by atoms with van der Waals surface area (Å²) in [6.07, 6.45) is -3.04. The van der Waals surface area contributed by atoms with Crippen molar-refractivity contribution in [1.82, 2.24) is 4.98 Å². The van der Waals surface area contributed by atoms with E-state index in [9.17, 15) is 18.0 Å². The molecule has 30 heavy (non-hydrogen) atoms. The van der Waals surface area contributed by atoms with Crippen molar-refractivity contribution in [3.05, 3.63) is 74.7 Å². The van der Waals surface area contributed by atoms with Crippen LogP contribution in [0.3, 0.4) is 0 Å². The molecule has 0 saturated carbocycles. The first-order valence-electron chi connectivity index (χ1n) is 8.92. The van der Waals surface area contributed by atoms with Crippen LogP contribution >= 0.6 is 22.9 Å². The van der Waals surface area contributed by atoms with Gasteiger partial charge in [0.2, 0.25) is 0 Å². The fraction of sp³-hybridized carbons (Fsp3) is 0.238. The van der Waals surface area contributed by atoms with Crippen LogP contribution in [-0.2, 0) is 17.4 Å². The van der Waals surface area contributed by atoms with E-state index in [1.807, 2.05) is 26.0 Å². The van der Waals surface area contributed by atoms with Crippen molar-refractivity contribution in [2.45, 2.75) is 26.4 Å². The molecule has 0 bridgehead atoms. The lowest BCUT2D eigenvalue weighted by molar-refractivity contribution is -0.138. The van der Waals surface area contributed by atoms with Crippen LogP contribution in [0.15, 0.2) is 42.6 Å². The number of anilines is 1. The number of rotatable bonds is 6. The molecule has 158 valence electrons. The zero-order valence-electron chi connectivity index (χ0n) is 16.1. The first-order chi connectivity index (χ1) is 14.1. The molecular weight excluding hydrogens is 437 g/mol. The molecule has 0 aliphatic rings. The summed E-state index contributed by atoms with van der Waals surface area (Å²) in [5, 5.41) is 3.10. The van der Waals surface area contributed by atoms with Gasteiger partial charge >= 0.3 is 6.18 Å². The lowest BCUT2D eigenvalue weighted by Gasteiger charge is -2.12. The molecule has 4 nitrogen and oxygen atoms in total. The second kappa shape index (κ2) is 9.06. The number of amides is 1. The number of hydrogen-bond acceptors (Lipinski definition) is 4. The highest BCUT2D eigenvalue weighted by Crippen LogP contribution is 2.35. The van der Waals surface area contributed by atoms with Gasteiger partial charge in [-0.05, 0) is 60.9 Å². The minimum Gasteiger partial charge on any atom is -0.484 e. The van der Waals surface area contributed by atoms with Crippen molar-refractivity contribution in [1.29, 1.82) is 0 Å². The Morgan fingerprint density at radius 3 is 2.63 bits per heavy atom. The van der Waals surface area contributed by atoms with E-state index in [4.69, 9.17) is 16.3 Å². The molecule has 1 N–H and O–H groups in total. The average molecular weight is 455 g/mol. The molecule has 0 aliphatic carbocycles. The van der Waals surface area contributed by atoms with Crippen LogP contribution in [-0.4, -0.2) is 17.5 Å². The van der Waals surface area contributed by atoms with E-state index in [0.717, 1.165) is 28.5 Å². The quantitative estimate of drug-likeness (QED) is 0.494. The Bertz CT molecular complexity index is 1070. The molecule has 0 aliphatic heterocycles. The number of carbonyl (C=O) groups excluding carboxylic acids is 1. The molecule has 0 radical (unpaired) electrons. The summed E-state index contributed by atoms with van der Waals surface area (Å²) >= 11 is 6.96. The summed E-state index contributed by atoms with van der Waals surface area (Å²) in [4.78, 5) is 16.7. The second-order valence-corrected chi connectivity index (χ2v) is 8.24. The molecule has 3 rings (SSSR count). The second-order valence-electron chi connectivity index (χ2n) is 6.69. The Hall–Kier alpha value is -2.58. The van der Waals surface area contributed by atoms with E-state index >= 15 is 0 Å². The molecule has 0 fully saturated rings. The number of benzene rings is 2. The zero-order valence-corrected chi connectivity index (χ0v) is 17.7. The average Bonchev–Trinajstić information content (AvgIpc) is 3.08. The number of aromatic nitrogens is 1. The monoisotopic (exact) mass is 454 g/mol. The van der Waals surface area contributed by atoms with Crippen molar-refractivity contribution in [2.75, 3.05) is 11.9 Å². The summed E-state index contributed by atoms with van der Waals surface area (Å²) in [7, 11) is 0. The van der Waals surface area contributed by atoms with Crippen LogP contribution in [0.5, 0.6) is 5.75 Å². The number of carbonyl (C=O) groups is 1. The topological polar surface area (TPSA) is 51.2 Å². The van der Waals surface area contributed by atoms with E-state index in [-0.39, 0.29) is 28.7 Å². The van der Waals surface area contributed by atoms with Crippen molar-refractivity contribution in [3.8, 4) is 5.75 Å². The number of nitrogens with one attached hydrogen (secondary N) is 1. The van der Waals surface area contributed by atoms with Gasteiger partial charge in [-0.1, -0.05) is 17.7 Å². The highest BCUT2D eigenvalue weighted by Gasteiger charge is 2.33. The third-order valence-corrected chi connectivity index (χ3v) is 5.53. The van der Waals surface area contributed by atoms with Crippen LogP contribution in [0, 0.1) is 13.8 Å². The number of nitrogens with zero attached hydrogens (tertiary/aromatic N) is 1. The van der Waals surface area contributed by atoms with Crippen molar-refractivity contribution < 1.29 is 22.7 Å². The van der Waals surface area contributed by atoms with E-state index in [0.29, 0.717) is 10.6 Å². The van der Waals surface area contributed by atoms with E-state index in [2.05, 4.69) is 10.3 Å². The SMILES string of the molecule is Cc1ccc(OCC(=O)Nc2ncc(Cc3cc(Cl)ccc3C(F)(F)F)s2)cc1C. The number of hydrogen-bond donors (Lipinski definition) is 1. The van der Waals surface area contributed by atoms with E-state index < -0.39 is 17.6 Å². The van der Waals surface area contributed by atoms with Crippen molar-refractivity contribution >= 4 is 34.0 Å². The largest absolute Gasteiger partial charge is 0.484 e. The maximum absolute atomic E-state index is 13.2. The van der Waals surface area contributed by atoms with Crippen LogP contribution in [0.4, 0.5) is 18.3 Å². The van der Waals surface area contributed by atoms with Gasteiger partial charge < -0.3 is 4.74 Å². The first-order valence-corrected chi connectivity index (χ1v) is 10.1. The smallest absolute Gasteiger partial charge is 0.416 e. The van der Waals surface area contributed by atoms with Crippen LogP contribution in [0.1, 0.15) is 27.1 Å². The summed E-state index contributed by atoms with van der Waals surface area (Å²) in [5.41, 5.74) is 1.48. The Balaban J connectivity index is 1.62. The molecule has 0 spiro atoms. The Morgan fingerprint density at radius 2 is 1.93 bits per heavy atom. The van der Waals surface area contributed by atoms with Crippen LogP contribution in [0.25, 0.3) is 0 Å². The van der Waals surface area contributed by atoms with Gasteiger partial charge in [0.15, 0.2) is 11.7 Å². The van der Waals surface area contributed by atoms with Crippen molar-refractivity contribution in [3.63, 3.8) is 0 Å². The maximum Gasteiger partial charge on any atom is 0.416 e. The number of thiazole rings is 1. The van der Waals surface area contributed by atoms with E-state index in [1.54, 1.807) is 6.07 Å². The van der Waals surface area contributed by atoms with Gasteiger partial charge in [0.25, 0.3) is 5.91 Å². The van der Waals surface area contributed by atoms with Gasteiger partial charge in [0.1, 0.15) is 5.75 Å².